The summed E-state index contributed by atoms with van der Waals surface area (Å²) in [6.07, 6.45) is -1.19. The maximum Gasteiger partial charge on any atom is 0.407 e. The largest absolute Gasteiger partial charge is 0.407 e. The van der Waals surface area contributed by atoms with Gasteiger partial charge in [0.25, 0.3) is 0 Å². The van der Waals surface area contributed by atoms with E-state index in [0.717, 1.165) is 5.56 Å². The van der Waals surface area contributed by atoms with Crippen LogP contribution in [0.1, 0.15) is 30.1 Å². The van der Waals surface area contributed by atoms with Gasteiger partial charge >= 0.3 is 6.18 Å². The van der Waals surface area contributed by atoms with E-state index in [2.05, 4.69) is 10.3 Å². The number of aromatic nitrogens is 1. The van der Waals surface area contributed by atoms with Crippen molar-refractivity contribution >= 4 is 0 Å². The molecule has 1 N–H and O–H groups in total. The lowest BCUT2D eigenvalue weighted by Gasteiger charge is -2.26. The second-order valence-corrected chi connectivity index (χ2v) is 4.56. The van der Waals surface area contributed by atoms with Gasteiger partial charge in [0.15, 0.2) is 0 Å². The highest BCUT2D eigenvalue weighted by atomic mass is 19.4. The van der Waals surface area contributed by atoms with Crippen LogP contribution in [0.3, 0.4) is 0 Å². The number of benzene rings is 1. The third kappa shape index (κ3) is 3.57. The first-order chi connectivity index (χ1) is 9.48. The minimum Gasteiger partial charge on any atom is -0.296 e. The third-order valence-electron chi connectivity index (χ3n) is 3.06. The van der Waals surface area contributed by atoms with Crippen LogP contribution in [-0.2, 0) is 0 Å². The SMILES string of the molecule is CC(NC(c1ccccc1)C(F)(F)F)c1cccnc1. The minimum atomic E-state index is -4.35. The summed E-state index contributed by atoms with van der Waals surface area (Å²) < 4.78 is 39.6. The molecule has 0 aliphatic carbocycles. The molecule has 0 amide bonds. The maximum absolute atomic E-state index is 13.2. The molecular weight excluding hydrogens is 265 g/mol. The molecule has 1 aromatic carbocycles. The fourth-order valence-corrected chi connectivity index (χ4v) is 2.00. The Labute approximate surface area is 115 Å². The Morgan fingerprint density at radius 3 is 2.20 bits per heavy atom. The Hall–Kier alpha value is -1.88. The van der Waals surface area contributed by atoms with Gasteiger partial charge in [0.1, 0.15) is 6.04 Å². The molecule has 2 atom stereocenters. The van der Waals surface area contributed by atoms with Gasteiger partial charge in [-0.1, -0.05) is 36.4 Å². The summed E-state index contributed by atoms with van der Waals surface area (Å²) in [5.74, 6) is 0. The summed E-state index contributed by atoms with van der Waals surface area (Å²) in [5, 5.41) is 2.62. The molecule has 20 heavy (non-hydrogen) atoms. The van der Waals surface area contributed by atoms with Gasteiger partial charge in [-0.3, -0.25) is 10.3 Å². The van der Waals surface area contributed by atoms with Gasteiger partial charge in [-0.15, -0.1) is 0 Å². The van der Waals surface area contributed by atoms with E-state index in [1.54, 1.807) is 49.6 Å². The van der Waals surface area contributed by atoms with Crippen LogP contribution in [0.4, 0.5) is 13.2 Å². The van der Waals surface area contributed by atoms with E-state index in [1.165, 1.54) is 12.1 Å². The molecule has 1 heterocycles. The van der Waals surface area contributed by atoms with Crippen molar-refractivity contribution < 1.29 is 13.2 Å². The van der Waals surface area contributed by atoms with Crippen molar-refractivity contribution in [2.75, 3.05) is 0 Å². The number of alkyl halides is 3. The van der Waals surface area contributed by atoms with Gasteiger partial charge in [-0.25, -0.2) is 0 Å². The van der Waals surface area contributed by atoms with Gasteiger partial charge in [-0.2, -0.15) is 13.2 Å². The van der Waals surface area contributed by atoms with E-state index in [0.29, 0.717) is 0 Å². The van der Waals surface area contributed by atoms with Gasteiger partial charge in [-0.05, 0) is 24.1 Å². The maximum atomic E-state index is 13.2. The molecular formula is C15H15F3N2. The summed E-state index contributed by atoms with van der Waals surface area (Å²) in [5.41, 5.74) is 0.924. The summed E-state index contributed by atoms with van der Waals surface area (Å²) in [4.78, 5) is 3.93. The van der Waals surface area contributed by atoms with Crippen molar-refractivity contribution in [1.29, 1.82) is 0 Å². The molecule has 1 aromatic heterocycles. The van der Waals surface area contributed by atoms with Gasteiger partial charge in [0.05, 0.1) is 0 Å². The van der Waals surface area contributed by atoms with Gasteiger partial charge < -0.3 is 0 Å². The molecule has 0 radical (unpaired) electrons. The van der Waals surface area contributed by atoms with E-state index in [9.17, 15) is 13.2 Å². The molecule has 2 aromatic rings. The molecule has 0 spiro atoms. The zero-order valence-corrected chi connectivity index (χ0v) is 10.9. The topological polar surface area (TPSA) is 24.9 Å². The Morgan fingerprint density at radius 1 is 1.00 bits per heavy atom. The van der Waals surface area contributed by atoms with E-state index in [-0.39, 0.29) is 5.56 Å². The van der Waals surface area contributed by atoms with E-state index < -0.39 is 18.3 Å². The standard InChI is InChI=1S/C15H15F3N2/c1-11(13-8-5-9-19-10-13)20-14(15(16,17)18)12-6-3-2-4-7-12/h2-11,14,20H,1H3. The van der Waals surface area contributed by atoms with Crippen LogP contribution < -0.4 is 5.32 Å². The highest BCUT2D eigenvalue weighted by molar-refractivity contribution is 5.22. The molecule has 2 rings (SSSR count). The van der Waals surface area contributed by atoms with Crippen molar-refractivity contribution in [2.24, 2.45) is 0 Å². The van der Waals surface area contributed by atoms with Crippen molar-refractivity contribution in [3.8, 4) is 0 Å². The molecule has 0 saturated heterocycles. The Balaban J connectivity index is 2.22. The fraction of sp³-hybridized carbons (Fsp3) is 0.267. The Bertz CT molecular complexity index is 526. The van der Waals surface area contributed by atoms with Gasteiger partial charge in [0.2, 0.25) is 0 Å². The molecule has 0 bridgehead atoms. The van der Waals surface area contributed by atoms with E-state index in [4.69, 9.17) is 0 Å². The fourth-order valence-electron chi connectivity index (χ4n) is 2.00. The number of nitrogens with zero attached hydrogens (tertiary/aromatic N) is 1. The number of rotatable bonds is 4. The Kier molecular flexibility index (Phi) is 4.39. The van der Waals surface area contributed by atoms with Crippen LogP contribution in [0.5, 0.6) is 0 Å². The van der Waals surface area contributed by atoms with E-state index >= 15 is 0 Å². The molecule has 0 saturated carbocycles. The van der Waals surface area contributed by atoms with E-state index in [1.807, 2.05) is 0 Å². The number of pyridine rings is 1. The second-order valence-electron chi connectivity index (χ2n) is 4.56. The summed E-state index contributed by atoms with van der Waals surface area (Å²) in [6.45, 7) is 1.69. The first kappa shape index (κ1) is 14.5. The molecule has 0 fully saturated rings. The van der Waals surface area contributed by atoms with Crippen LogP contribution in [-0.4, -0.2) is 11.2 Å². The summed E-state index contributed by atoms with van der Waals surface area (Å²) in [7, 11) is 0. The van der Waals surface area contributed by atoms with Crippen molar-refractivity contribution in [3.63, 3.8) is 0 Å². The molecule has 0 aliphatic heterocycles. The van der Waals surface area contributed by atoms with Gasteiger partial charge in [0, 0.05) is 18.4 Å². The molecule has 5 heteroatoms. The molecule has 106 valence electrons. The first-order valence-corrected chi connectivity index (χ1v) is 6.26. The number of hydrogen-bond donors (Lipinski definition) is 1. The quantitative estimate of drug-likeness (QED) is 0.914. The van der Waals surface area contributed by atoms with Crippen molar-refractivity contribution in [1.82, 2.24) is 10.3 Å². The van der Waals surface area contributed by atoms with Crippen LogP contribution in [0.15, 0.2) is 54.9 Å². The number of hydrogen-bond acceptors (Lipinski definition) is 2. The molecule has 2 nitrogen and oxygen atoms in total. The van der Waals surface area contributed by atoms with Crippen molar-refractivity contribution in [2.45, 2.75) is 25.2 Å². The average molecular weight is 280 g/mol. The zero-order chi connectivity index (χ0) is 14.6. The third-order valence-corrected chi connectivity index (χ3v) is 3.06. The second kappa shape index (κ2) is 6.05. The number of halogens is 3. The predicted molar refractivity (Wildman–Crippen MR) is 71.0 cm³/mol. The van der Waals surface area contributed by atoms with Crippen LogP contribution >= 0.6 is 0 Å². The lowest BCUT2D eigenvalue weighted by atomic mass is 10.0. The smallest absolute Gasteiger partial charge is 0.296 e. The lowest BCUT2D eigenvalue weighted by molar-refractivity contribution is -0.159. The number of nitrogens with one attached hydrogen (secondary N) is 1. The Morgan fingerprint density at radius 2 is 1.65 bits per heavy atom. The minimum absolute atomic E-state index is 0.204. The lowest BCUT2D eigenvalue weighted by Crippen LogP contribution is -2.35. The molecule has 0 aliphatic rings. The summed E-state index contributed by atoms with van der Waals surface area (Å²) in [6, 6.07) is 9.16. The molecule has 2 unspecified atom stereocenters. The highest BCUT2D eigenvalue weighted by Gasteiger charge is 2.41. The summed E-state index contributed by atoms with van der Waals surface area (Å²) >= 11 is 0. The van der Waals surface area contributed by atoms with Crippen LogP contribution in [0, 0.1) is 0 Å². The van der Waals surface area contributed by atoms with Crippen LogP contribution in [0.2, 0.25) is 0 Å². The first-order valence-electron chi connectivity index (χ1n) is 6.26. The predicted octanol–water partition coefficient (Wildman–Crippen LogP) is 4.04. The highest BCUT2D eigenvalue weighted by Crippen LogP contribution is 2.34. The van der Waals surface area contributed by atoms with Crippen molar-refractivity contribution in [3.05, 3.63) is 66.0 Å². The average Bonchev–Trinajstić information content (AvgIpc) is 2.45. The zero-order valence-electron chi connectivity index (χ0n) is 10.9. The van der Waals surface area contributed by atoms with Crippen LogP contribution in [0.25, 0.3) is 0 Å². The monoisotopic (exact) mass is 280 g/mol. The normalized spacial score (nSPS) is 14.8.